The maximum atomic E-state index is 13.1. The molecule has 1 aliphatic rings. The van der Waals surface area contributed by atoms with Gasteiger partial charge < -0.3 is 19.1 Å². The lowest BCUT2D eigenvalue weighted by Gasteiger charge is -2.35. The van der Waals surface area contributed by atoms with Gasteiger partial charge >= 0.3 is 0 Å². The van der Waals surface area contributed by atoms with E-state index in [1.54, 1.807) is 32.3 Å². The summed E-state index contributed by atoms with van der Waals surface area (Å²) < 4.78 is 16.6. The van der Waals surface area contributed by atoms with Gasteiger partial charge in [0.15, 0.2) is 11.5 Å². The summed E-state index contributed by atoms with van der Waals surface area (Å²) in [7, 11) is 4.80. The summed E-state index contributed by atoms with van der Waals surface area (Å²) in [6.07, 6.45) is 5.84. The average molecular weight is 401 g/mol. The number of rotatable bonds is 5. The van der Waals surface area contributed by atoms with Crippen LogP contribution >= 0.6 is 0 Å². The van der Waals surface area contributed by atoms with Gasteiger partial charge in [0, 0.05) is 29.7 Å². The minimum atomic E-state index is -0.206. The first-order valence-electron chi connectivity index (χ1n) is 9.68. The quantitative estimate of drug-likeness (QED) is 0.596. The number of benzene rings is 3. The number of amides is 1. The summed E-state index contributed by atoms with van der Waals surface area (Å²) in [5.74, 6) is 4.20. The molecule has 3 aromatic rings. The number of hydrogen-bond donors (Lipinski definition) is 0. The van der Waals surface area contributed by atoms with Gasteiger partial charge in [-0.1, -0.05) is 36.3 Å². The Labute approximate surface area is 176 Å². The van der Waals surface area contributed by atoms with Crippen molar-refractivity contribution in [2.75, 3.05) is 32.8 Å². The van der Waals surface area contributed by atoms with E-state index in [0.29, 0.717) is 17.2 Å². The molecular weight excluding hydrogens is 378 g/mol. The topological polar surface area (TPSA) is 48.0 Å². The van der Waals surface area contributed by atoms with E-state index in [1.807, 2.05) is 30.3 Å². The summed E-state index contributed by atoms with van der Waals surface area (Å²) in [4.78, 5) is 14.8. The fraction of sp³-hybridized carbons (Fsp3) is 0.240. The van der Waals surface area contributed by atoms with Crippen LogP contribution in [0.5, 0.6) is 17.2 Å². The Morgan fingerprint density at radius 3 is 2.40 bits per heavy atom. The van der Waals surface area contributed by atoms with Crippen molar-refractivity contribution < 1.29 is 19.0 Å². The molecule has 3 aromatic carbocycles. The van der Waals surface area contributed by atoms with Crippen LogP contribution in [0.3, 0.4) is 0 Å². The molecule has 1 unspecified atom stereocenters. The van der Waals surface area contributed by atoms with Crippen LogP contribution < -0.4 is 19.1 Å². The standard InChI is InChI=1S/C25H23NO4/c1-5-12-26-20-11-10-16-8-6-7-9-17(16)25(20)19(14-24(26)27)18-13-22(29-3)23(30-4)15-21(18)28-2/h1,6-11,13,15,19H,12,14H2,2-4H3. The molecule has 0 aliphatic carbocycles. The third-order valence-electron chi connectivity index (χ3n) is 5.63. The van der Waals surface area contributed by atoms with Crippen LogP contribution in [0.25, 0.3) is 10.8 Å². The summed E-state index contributed by atoms with van der Waals surface area (Å²) >= 11 is 0. The molecule has 1 heterocycles. The van der Waals surface area contributed by atoms with Crippen LogP contribution in [0.2, 0.25) is 0 Å². The molecule has 152 valence electrons. The smallest absolute Gasteiger partial charge is 0.228 e. The molecule has 0 aromatic heterocycles. The molecular formula is C25H23NO4. The first-order chi connectivity index (χ1) is 14.6. The lowest BCUT2D eigenvalue weighted by atomic mass is 9.80. The largest absolute Gasteiger partial charge is 0.496 e. The maximum absolute atomic E-state index is 13.1. The van der Waals surface area contributed by atoms with Gasteiger partial charge in [-0.15, -0.1) is 6.42 Å². The van der Waals surface area contributed by atoms with Crippen molar-refractivity contribution in [3.63, 3.8) is 0 Å². The van der Waals surface area contributed by atoms with Crippen molar-refractivity contribution in [1.82, 2.24) is 0 Å². The van der Waals surface area contributed by atoms with Gasteiger partial charge in [0.25, 0.3) is 0 Å². The number of ether oxygens (including phenoxy) is 3. The van der Waals surface area contributed by atoms with E-state index < -0.39 is 0 Å². The van der Waals surface area contributed by atoms with Crippen LogP contribution in [0.15, 0.2) is 48.5 Å². The molecule has 4 rings (SSSR count). The summed E-state index contributed by atoms with van der Waals surface area (Å²) in [6.45, 7) is 0.236. The molecule has 0 spiro atoms. The summed E-state index contributed by atoms with van der Waals surface area (Å²) in [5, 5.41) is 2.20. The molecule has 0 fully saturated rings. The highest BCUT2D eigenvalue weighted by molar-refractivity contribution is 6.03. The molecule has 0 N–H and O–H groups in total. The van der Waals surface area contributed by atoms with Crippen LogP contribution in [0.4, 0.5) is 5.69 Å². The molecule has 5 nitrogen and oxygen atoms in total. The zero-order valence-corrected chi connectivity index (χ0v) is 17.3. The lowest BCUT2D eigenvalue weighted by molar-refractivity contribution is -0.119. The van der Waals surface area contributed by atoms with Crippen LogP contribution in [0, 0.1) is 12.3 Å². The monoisotopic (exact) mass is 401 g/mol. The predicted octanol–water partition coefficient (Wildman–Crippen LogP) is 4.37. The van der Waals surface area contributed by atoms with Crippen molar-refractivity contribution in [1.29, 1.82) is 0 Å². The second kappa shape index (κ2) is 8.00. The fourth-order valence-corrected chi connectivity index (χ4v) is 4.26. The lowest BCUT2D eigenvalue weighted by Crippen LogP contribution is -2.37. The van der Waals surface area contributed by atoms with Gasteiger partial charge in [-0.2, -0.15) is 0 Å². The van der Waals surface area contributed by atoms with Gasteiger partial charge in [-0.25, -0.2) is 0 Å². The molecule has 0 saturated heterocycles. The molecule has 5 heteroatoms. The van der Waals surface area contributed by atoms with Crippen molar-refractivity contribution in [2.24, 2.45) is 0 Å². The van der Waals surface area contributed by atoms with E-state index in [4.69, 9.17) is 20.6 Å². The maximum Gasteiger partial charge on any atom is 0.228 e. The van der Waals surface area contributed by atoms with Crippen molar-refractivity contribution in [2.45, 2.75) is 12.3 Å². The van der Waals surface area contributed by atoms with Gasteiger partial charge in [0.1, 0.15) is 5.75 Å². The number of nitrogens with zero attached hydrogens (tertiary/aromatic N) is 1. The Hall–Kier alpha value is -3.65. The summed E-state index contributed by atoms with van der Waals surface area (Å²) in [6, 6.07) is 15.9. The number of hydrogen-bond acceptors (Lipinski definition) is 4. The van der Waals surface area contributed by atoms with E-state index in [9.17, 15) is 4.79 Å². The van der Waals surface area contributed by atoms with Crippen LogP contribution in [0.1, 0.15) is 23.5 Å². The molecule has 1 aliphatic heterocycles. The SMILES string of the molecule is C#CCN1C(=O)CC(c2cc(OC)c(OC)cc2OC)c2c1ccc1ccccc21. The van der Waals surface area contributed by atoms with E-state index >= 15 is 0 Å². The number of anilines is 1. The Balaban J connectivity index is 2.01. The number of methoxy groups -OCH3 is 3. The Kier molecular flexibility index (Phi) is 5.24. The van der Waals surface area contributed by atoms with Gasteiger partial charge in [0.05, 0.1) is 27.9 Å². The number of carbonyl (C=O) groups is 1. The predicted molar refractivity (Wildman–Crippen MR) is 118 cm³/mol. The molecule has 30 heavy (non-hydrogen) atoms. The molecule has 1 amide bonds. The van der Waals surface area contributed by atoms with E-state index in [1.165, 1.54) is 0 Å². The van der Waals surface area contributed by atoms with Crippen molar-refractivity contribution >= 4 is 22.4 Å². The average Bonchev–Trinajstić information content (AvgIpc) is 2.79. The molecule has 1 atom stereocenters. The molecule has 0 radical (unpaired) electrons. The third-order valence-corrected chi connectivity index (χ3v) is 5.63. The fourth-order valence-electron chi connectivity index (χ4n) is 4.26. The zero-order chi connectivity index (χ0) is 21.3. The van der Waals surface area contributed by atoms with Crippen molar-refractivity contribution in [3.8, 4) is 29.6 Å². The van der Waals surface area contributed by atoms with Gasteiger partial charge in [-0.3, -0.25) is 4.79 Å². The Morgan fingerprint density at radius 2 is 1.70 bits per heavy atom. The molecule has 0 saturated carbocycles. The van der Waals surface area contributed by atoms with E-state index in [0.717, 1.165) is 27.6 Å². The van der Waals surface area contributed by atoms with Crippen LogP contribution in [-0.4, -0.2) is 33.8 Å². The third kappa shape index (κ3) is 3.11. The zero-order valence-electron chi connectivity index (χ0n) is 17.3. The minimum absolute atomic E-state index is 0.0161. The first-order valence-corrected chi connectivity index (χ1v) is 9.68. The Bertz CT molecular complexity index is 1160. The highest BCUT2D eigenvalue weighted by atomic mass is 16.5. The van der Waals surface area contributed by atoms with E-state index in [2.05, 4.69) is 18.1 Å². The normalized spacial score (nSPS) is 15.5. The highest BCUT2D eigenvalue weighted by Crippen LogP contribution is 2.48. The van der Waals surface area contributed by atoms with Crippen molar-refractivity contribution in [3.05, 3.63) is 59.7 Å². The second-order valence-electron chi connectivity index (χ2n) is 7.11. The van der Waals surface area contributed by atoms with Crippen LogP contribution in [-0.2, 0) is 4.79 Å². The number of fused-ring (bicyclic) bond motifs is 3. The second-order valence-corrected chi connectivity index (χ2v) is 7.11. The number of carbonyl (C=O) groups excluding carboxylic acids is 1. The number of terminal acetylenes is 1. The minimum Gasteiger partial charge on any atom is -0.496 e. The van der Waals surface area contributed by atoms with Gasteiger partial charge in [-0.05, 0) is 28.5 Å². The molecule has 0 bridgehead atoms. The first kappa shape index (κ1) is 19.7. The Morgan fingerprint density at radius 1 is 1.00 bits per heavy atom. The summed E-state index contributed by atoms with van der Waals surface area (Å²) in [5.41, 5.74) is 2.78. The van der Waals surface area contributed by atoms with E-state index in [-0.39, 0.29) is 24.8 Å². The van der Waals surface area contributed by atoms with Gasteiger partial charge in [0.2, 0.25) is 5.91 Å². The highest BCUT2D eigenvalue weighted by Gasteiger charge is 2.35.